The molecule has 4 heteroatoms. The lowest BCUT2D eigenvalue weighted by molar-refractivity contribution is 0.113. The van der Waals surface area contributed by atoms with E-state index in [0.29, 0.717) is 5.92 Å². The van der Waals surface area contributed by atoms with Crippen LogP contribution in [0.2, 0.25) is 0 Å². The van der Waals surface area contributed by atoms with Gasteiger partial charge in [-0.1, -0.05) is 12.2 Å². The molecule has 0 atom stereocenters. The lowest BCUT2D eigenvalue weighted by atomic mass is 9.96. The zero-order valence-corrected chi connectivity index (χ0v) is 11.3. The number of halogens is 2. The smallest absolute Gasteiger partial charge is 0.204 e. The highest BCUT2D eigenvalue weighted by Crippen LogP contribution is 2.32. The van der Waals surface area contributed by atoms with E-state index in [1.54, 1.807) is 0 Å². The van der Waals surface area contributed by atoms with E-state index in [1.807, 2.05) is 6.08 Å². The van der Waals surface area contributed by atoms with Crippen LogP contribution in [0.15, 0.2) is 24.3 Å². The molecule has 0 unspecified atom stereocenters. The van der Waals surface area contributed by atoms with Gasteiger partial charge in [-0.2, -0.15) is 8.78 Å². The Morgan fingerprint density at radius 2 is 1.75 bits per heavy atom. The SMILES string of the molecule is Fc1c(OC/C=C/C2CC2)ccc(OC2CCC2)c1F. The van der Waals surface area contributed by atoms with Crippen LogP contribution in [0.25, 0.3) is 0 Å². The maximum Gasteiger partial charge on any atom is 0.204 e. The average Bonchev–Trinajstić information content (AvgIpc) is 3.20. The first-order chi connectivity index (χ1) is 9.74. The number of hydrogen-bond donors (Lipinski definition) is 0. The van der Waals surface area contributed by atoms with Gasteiger partial charge in [-0.15, -0.1) is 0 Å². The summed E-state index contributed by atoms with van der Waals surface area (Å²) in [6.07, 6.45) is 9.27. The Hall–Kier alpha value is -1.58. The van der Waals surface area contributed by atoms with Crippen molar-refractivity contribution in [1.82, 2.24) is 0 Å². The summed E-state index contributed by atoms with van der Waals surface area (Å²) in [7, 11) is 0. The van der Waals surface area contributed by atoms with Crippen molar-refractivity contribution < 1.29 is 18.3 Å². The highest BCUT2D eigenvalue weighted by atomic mass is 19.2. The molecule has 3 rings (SSSR count). The Kier molecular flexibility index (Phi) is 3.90. The van der Waals surface area contributed by atoms with E-state index >= 15 is 0 Å². The molecule has 0 aliphatic heterocycles. The van der Waals surface area contributed by atoms with Crippen LogP contribution in [0.1, 0.15) is 32.1 Å². The maximum atomic E-state index is 13.8. The minimum absolute atomic E-state index is 0.0203. The molecule has 2 fully saturated rings. The average molecular weight is 280 g/mol. The lowest BCUT2D eigenvalue weighted by Crippen LogP contribution is -2.25. The van der Waals surface area contributed by atoms with Crippen LogP contribution >= 0.6 is 0 Å². The fraction of sp³-hybridized carbons (Fsp3) is 0.500. The summed E-state index contributed by atoms with van der Waals surface area (Å²) < 4.78 is 38.3. The van der Waals surface area contributed by atoms with E-state index in [-0.39, 0.29) is 24.2 Å². The minimum Gasteiger partial charge on any atom is -0.487 e. The second kappa shape index (κ2) is 5.81. The molecule has 0 bridgehead atoms. The minimum atomic E-state index is -0.971. The summed E-state index contributed by atoms with van der Waals surface area (Å²) in [5.74, 6) is -1.36. The normalized spacial score (nSPS) is 19.1. The summed E-state index contributed by atoms with van der Waals surface area (Å²) in [6, 6.07) is 2.87. The molecule has 2 aliphatic rings. The third-order valence-electron chi connectivity index (χ3n) is 3.72. The van der Waals surface area contributed by atoms with E-state index < -0.39 is 11.6 Å². The molecular weight excluding hydrogens is 262 g/mol. The van der Waals surface area contributed by atoms with Crippen LogP contribution < -0.4 is 9.47 Å². The number of ether oxygens (including phenoxy) is 2. The molecule has 0 radical (unpaired) electrons. The topological polar surface area (TPSA) is 18.5 Å². The molecule has 1 aromatic rings. The van der Waals surface area contributed by atoms with Gasteiger partial charge in [0.05, 0.1) is 6.10 Å². The van der Waals surface area contributed by atoms with Gasteiger partial charge in [0.25, 0.3) is 0 Å². The Bertz CT molecular complexity index is 505. The van der Waals surface area contributed by atoms with Crippen LogP contribution in [0, 0.1) is 17.6 Å². The fourth-order valence-corrected chi connectivity index (χ4v) is 2.06. The molecular formula is C16H18F2O2. The number of benzene rings is 1. The van der Waals surface area contributed by atoms with Gasteiger partial charge in [0.2, 0.25) is 11.6 Å². The van der Waals surface area contributed by atoms with Gasteiger partial charge in [0.15, 0.2) is 11.5 Å². The molecule has 2 saturated carbocycles. The van der Waals surface area contributed by atoms with Crippen molar-refractivity contribution in [3.05, 3.63) is 35.9 Å². The van der Waals surface area contributed by atoms with Crippen molar-refractivity contribution in [2.24, 2.45) is 5.92 Å². The van der Waals surface area contributed by atoms with Gasteiger partial charge in [-0.3, -0.25) is 0 Å². The molecule has 0 N–H and O–H groups in total. The first-order valence-corrected chi connectivity index (χ1v) is 7.18. The summed E-state index contributed by atoms with van der Waals surface area (Å²) >= 11 is 0. The molecule has 1 aromatic carbocycles. The van der Waals surface area contributed by atoms with Gasteiger partial charge in [0, 0.05) is 0 Å². The molecule has 0 saturated heterocycles. The van der Waals surface area contributed by atoms with E-state index in [1.165, 1.54) is 25.0 Å². The van der Waals surface area contributed by atoms with E-state index in [2.05, 4.69) is 6.08 Å². The Labute approximate surface area is 117 Å². The zero-order valence-electron chi connectivity index (χ0n) is 11.3. The van der Waals surface area contributed by atoms with Gasteiger partial charge in [-0.05, 0) is 50.2 Å². The fourth-order valence-electron chi connectivity index (χ4n) is 2.06. The van der Waals surface area contributed by atoms with Crippen molar-refractivity contribution in [3.8, 4) is 11.5 Å². The zero-order chi connectivity index (χ0) is 13.9. The third kappa shape index (κ3) is 3.11. The Morgan fingerprint density at radius 3 is 2.40 bits per heavy atom. The van der Waals surface area contributed by atoms with Crippen molar-refractivity contribution in [2.45, 2.75) is 38.2 Å². The van der Waals surface area contributed by atoms with E-state index in [9.17, 15) is 8.78 Å². The first kappa shape index (κ1) is 13.4. The number of rotatable bonds is 6. The van der Waals surface area contributed by atoms with Crippen molar-refractivity contribution in [3.63, 3.8) is 0 Å². The second-order valence-corrected chi connectivity index (χ2v) is 5.44. The Balaban J connectivity index is 1.60. The van der Waals surface area contributed by atoms with Crippen LogP contribution in [-0.4, -0.2) is 12.7 Å². The molecule has 0 spiro atoms. The van der Waals surface area contributed by atoms with Crippen molar-refractivity contribution in [2.75, 3.05) is 6.61 Å². The summed E-state index contributed by atoms with van der Waals surface area (Å²) in [5, 5.41) is 0. The standard InChI is InChI=1S/C16H18F2O2/c17-15-13(19-10-2-3-11-6-7-11)8-9-14(16(15)18)20-12-4-1-5-12/h2-3,8-9,11-12H,1,4-7,10H2/b3-2+. The van der Waals surface area contributed by atoms with Crippen molar-refractivity contribution in [1.29, 1.82) is 0 Å². The summed E-state index contributed by atoms with van der Waals surface area (Å²) in [5.41, 5.74) is 0. The van der Waals surface area contributed by atoms with Gasteiger partial charge in [-0.25, -0.2) is 0 Å². The number of allylic oxidation sites excluding steroid dienone is 1. The highest BCUT2D eigenvalue weighted by Gasteiger charge is 2.23. The van der Waals surface area contributed by atoms with Gasteiger partial charge < -0.3 is 9.47 Å². The molecule has 0 amide bonds. The predicted molar refractivity (Wildman–Crippen MR) is 72.0 cm³/mol. The van der Waals surface area contributed by atoms with Crippen molar-refractivity contribution >= 4 is 0 Å². The molecule has 20 heavy (non-hydrogen) atoms. The molecule has 0 heterocycles. The molecule has 0 aromatic heterocycles. The predicted octanol–water partition coefficient (Wildman–Crippen LogP) is 4.24. The van der Waals surface area contributed by atoms with Crippen LogP contribution in [0.3, 0.4) is 0 Å². The van der Waals surface area contributed by atoms with Crippen LogP contribution in [-0.2, 0) is 0 Å². The highest BCUT2D eigenvalue weighted by molar-refractivity contribution is 5.35. The molecule has 2 aliphatic carbocycles. The van der Waals surface area contributed by atoms with Crippen LogP contribution in [0.4, 0.5) is 8.78 Å². The third-order valence-corrected chi connectivity index (χ3v) is 3.72. The van der Waals surface area contributed by atoms with Gasteiger partial charge >= 0.3 is 0 Å². The molecule has 2 nitrogen and oxygen atoms in total. The summed E-state index contributed by atoms with van der Waals surface area (Å²) in [6.45, 7) is 0.260. The first-order valence-electron chi connectivity index (χ1n) is 7.18. The molecule has 108 valence electrons. The van der Waals surface area contributed by atoms with Crippen LogP contribution in [0.5, 0.6) is 11.5 Å². The maximum absolute atomic E-state index is 13.8. The largest absolute Gasteiger partial charge is 0.487 e. The van der Waals surface area contributed by atoms with Gasteiger partial charge in [0.1, 0.15) is 6.61 Å². The lowest BCUT2D eigenvalue weighted by Gasteiger charge is -2.26. The quantitative estimate of drug-likeness (QED) is 0.726. The summed E-state index contributed by atoms with van der Waals surface area (Å²) in [4.78, 5) is 0. The van der Waals surface area contributed by atoms with E-state index in [0.717, 1.165) is 19.3 Å². The monoisotopic (exact) mass is 280 g/mol. The number of hydrogen-bond acceptors (Lipinski definition) is 2. The van der Waals surface area contributed by atoms with E-state index in [4.69, 9.17) is 9.47 Å². The second-order valence-electron chi connectivity index (χ2n) is 5.44. The Morgan fingerprint density at radius 1 is 1.05 bits per heavy atom.